The molecule has 1 unspecified atom stereocenters. The molecule has 1 aromatic rings. The van der Waals surface area contributed by atoms with Gasteiger partial charge in [-0.3, -0.25) is 9.59 Å². The van der Waals surface area contributed by atoms with Crippen LogP contribution in [0.25, 0.3) is 0 Å². The van der Waals surface area contributed by atoms with Gasteiger partial charge in [0.1, 0.15) is 0 Å². The SMILES string of the molecule is CCN(C)C(=O)COC(=O)C(C)c1cccc(N)c1. The largest absolute Gasteiger partial charge is 0.455 e. The van der Waals surface area contributed by atoms with Gasteiger partial charge in [-0.2, -0.15) is 0 Å². The lowest BCUT2D eigenvalue weighted by Crippen LogP contribution is -2.31. The van der Waals surface area contributed by atoms with Gasteiger partial charge in [-0.25, -0.2) is 0 Å². The summed E-state index contributed by atoms with van der Waals surface area (Å²) < 4.78 is 5.01. The van der Waals surface area contributed by atoms with Crippen molar-refractivity contribution in [3.63, 3.8) is 0 Å². The second-order valence-corrected chi connectivity index (χ2v) is 4.41. The molecule has 0 fully saturated rings. The lowest BCUT2D eigenvalue weighted by molar-refractivity contribution is -0.152. The number of benzene rings is 1. The maximum absolute atomic E-state index is 11.8. The van der Waals surface area contributed by atoms with E-state index in [9.17, 15) is 9.59 Å². The van der Waals surface area contributed by atoms with Crippen molar-refractivity contribution in [2.75, 3.05) is 25.9 Å². The van der Waals surface area contributed by atoms with E-state index in [0.29, 0.717) is 12.2 Å². The Morgan fingerprint density at radius 1 is 1.42 bits per heavy atom. The fraction of sp³-hybridized carbons (Fsp3) is 0.429. The van der Waals surface area contributed by atoms with E-state index in [1.807, 2.05) is 13.0 Å². The van der Waals surface area contributed by atoms with Gasteiger partial charge in [-0.1, -0.05) is 12.1 Å². The molecule has 0 aliphatic carbocycles. The van der Waals surface area contributed by atoms with Crippen molar-refractivity contribution in [2.45, 2.75) is 19.8 Å². The predicted octanol–water partition coefficient (Wildman–Crippen LogP) is 1.39. The van der Waals surface area contributed by atoms with Crippen molar-refractivity contribution in [3.8, 4) is 0 Å². The first-order valence-electron chi connectivity index (χ1n) is 6.21. The number of likely N-dealkylation sites (N-methyl/N-ethyl adjacent to an activating group) is 1. The number of esters is 1. The third-order valence-electron chi connectivity index (χ3n) is 3.00. The summed E-state index contributed by atoms with van der Waals surface area (Å²) in [5.41, 5.74) is 7.04. The highest BCUT2D eigenvalue weighted by atomic mass is 16.5. The summed E-state index contributed by atoms with van der Waals surface area (Å²) in [5, 5.41) is 0. The molecule has 0 aliphatic heterocycles. The van der Waals surface area contributed by atoms with E-state index in [2.05, 4.69) is 0 Å². The predicted molar refractivity (Wildman–Crippen MR) is 73.5 cm³/mol. The molecule has 0 bridgehead atoms. The minimum atomic E-state index is -0.441. The average molecular weight is 264 g/mol. The van der Waals surface area contributed by atoms with Crippen LogP contribution in [0.3, 0.4) is 0 Å². The second kappa shape index (κ2) is 6.78. The molecule has 0 spiro atoms. The Labute approximate surface area is 113 Å². The van der Waals surface area contributed by atoms with E-state index < -0.39 is 11.9 Å². The number of nitrogens with two attached hydrogens (primary N) is 1. The molecule has 2 N–H and O–H groups in total. The zero-order valence-corrected chi connectivity index (χ0v) is 11.6. The number of ether oxygens (including phenoxy) is 1. The van der Waals surface area contributed by atoms with E-state index in [1.54, 1.807) is 32.2 Å². The molecular formula is C14H20N2O3. The van der Waals surface area contributed by atoms with Crippen molar-refractivity contribution in [1.82, 2.24) is 4.90 Å². The van der Waals surface area contributed by atoms with Crippen molar-refractivity contribution < 1.29 is 14.3 Å². The van der Waals surface area contributed by atoms with Gasteiger partial charge in [0.05, 0.1) is 5.92 Å². The van der Waals surface area contributed by atoms with E-state index in [-0.39, 0.29) is 12.5 Å². The molecule has 1 atom stereocenters. The van der Waals surface area contributed by atoms with Gasteiger partial charge >= 0.3 is 5.97 Å². The minimum absolute atomic E-state index is 0.212. The van der Waals surface area contributed by atoms with Crippen molar-refractivity contribution in [1.29, 1.82) is 0 Å². The number of carbonyl (C=O) groups excluding carboxylic acids is 2. The fourth-order valence-corrected chi connectivity index (χ4v) is 1.51. The molecule has 5 nitrogen and oxygen atoms in total. The Balaban J connectivity index is 2.56. The minimum Gasteiger partial charge on any atom is -0.455 e. The Morgan fingerprint density at radius 3 is 2.68 bits per heavy atom. The Hall–Kier alpha value is -2.04. The number of nitrogen functional groups attached to an aromatic ring is 1. The van der Waals surface area contributed by atoms with Crippen LogP contribution < -0.4 is 5.73 Å². The number of nitrogens with zero attached hydrogens (tertiary/aromatic N) is 1. The highest BCUT2D eigenvalue weighted by molar-refractivity contribution is 5.83. The van der Waals surface area contributed by atoms with Crippen molar-refractivity contribution >= 4 is 17.6 Å². The first-order chi connectivity index (χ1) is 8.95. The molecule has 0 radical (unpaired) electrons. The number of carbonyl (C=O) groups is 2. The summed E-state index contributed by atoms with van der Waals surface area (Å²) >= 11 is 0. The molecule has 0 aromatic heterocycles. The summed E-state index contributed by atoms with van der Waals surface area (Å²) in [5.74, 6) is -1.08. The smallest absolute Gasteiger partial charge is 0.313 e. The van der Waals surface area contributed by atoms with Crippen LogP contribution >= 0.6 is 0 Å². The van der Waals surface area contributed by atoms with Crippen LogP contribution in [-0.2, 0) is 14.3 Å². The average Bonchev–Trinajstić information content (AvgIpc) is 2.42. The lowest BCUT2D eigenvalue weighted by Gasteiger charge is -2.16. The van der Waals surface area contributed by atoms with E-state index in [1.165, 1.54) is 4.90 Å². The van der Waals surface area contributed by atoms with Crippen LogP contribution in [0.4, 0.5) is 5.69 Å². The van der Waals surface area contributed by atoms with Gasteiger partial charge < -0.3 is 15.4 Å². The van der Waals surface area contributed by atoms with Gasteiger partial charge in [-0.15, -0.1) is 0 Å². The fourth-order valence-electron chi connectivity index (χ4n) is 1.51. The maximum Gasteiger partial charge on any atom is 0.313 e. The Bertz CT molecular complexity index is 460. The normalized spacial score (nSPS) is 11.7. The maximum atomic E-state index is 11.8. The van der Waals surface area contributed by atoms with Crippen molar-refractivity contribution in [3.05, 3.63) is 29.8 Å². The zero-order chi connectivity index (χ0) is 14.4. The van der Waals surface area contributed by atoms with E-state index in [0.717, 1.165) is 5.56 Å². The number of amides is 1. The molecule has 1 aromatic carbocycles. The number of rotatable bonds is 5. The van der Waals surface area contributed by atoms with Gasteiger partial charge in [0.2, 0.25) is 0 Å². The number of anilines is 1. The highest BCUT2D eigenvalue weighted by Crippen LogP contribution is 2.19. The third kappa shape index (κ3) is 4.28. The molecule has 104 valence electrons. The number of hydrogen-bond acceptors (Lipinski definition) is 4. The van der Waals surface area contributed by atoms with Crippen LogP contribution in [0.15, 0.2) is 24.3 Å². The Morgan fingerprint density at radius 2 is 2.11 bits per heavy atom. The monoisotopic (exact) mass is 264 g/mol. The van der Waals surface area contributed by atoms with Crippen LogP contribution in [-0.4, -0.2) is 37.0 Å². The van der Waals surface area contributed by atoms with Crippen LogP contribution in [0.2, 0.25) is 0 Å². The summed E-state index contributed by atoms with van der Waals surface area (Å²) in [6.45, 7) is 3.94. The third-order valence-corrected chi connectivity index (χ3v) is 3.00. The molecule has 0 saturated heterocycles. The van der Waals surface area contributed by atoms with Gasteiger partial charge in [0.15, 0.2) is 6.61 Å². The highest BCUT2D eigenvalue weighted by Gasteiger charge is 2.18. The Kier molecular flexibility index (Phi) is 5.36. The quantitative estimate of drug-likeness (QED) is 0.644. The second-order valence-electron chi connectivity index (χ2n) is 4.41. The van der Waals surface area contributed by atoms with Crippen LogP contribution in [0, 0.1) is 0 Å². The summed E-state index contributed by atoms with van der Waals surface area (Å²) in [6.07, 6.45) is 0. The van der Waals surface area contributed by atoms with Crippen molar-refractivity contribution in [2.24, 2.45) is 0 Å². The summed E-state index contributed by atoms with van der Waals surface area (Å²) in [7, 11) is 1.66. The molecule has 1 rings (SSSR count). The molecule has 0 aliphatic rings. The van der Waals surface area contributed by atoms with Gasteiger partial charge in [0, 0.05) is 19.3 Å². The first-order valence-corrected chi connectivity index (χ1v) is 6.21. The lowest BCUT2D eigenvalue weighted by atomic mass is 10.0. The van der Waals surface area contributed by atoms with Gasteiger partial charge in [-0.05, 0) is 31.5 Å². The summed E-state index contributed by atoms with van der Waals surface area (Å²) in [6, 6.07) is 7.07. The van der Waals surface area contributed by atoms with Crippen LogP contribution in [0.5, 0.6) is 0 Å². The van der Waals surface area contributed by atoms with Gasteiger partial charge in [0.25, 0.3) is 5.91 Å². The molecule has 1 amide bonds. The molecular weight excluding hydrogens is 244 g/mol. The van der Waals surface area contributed by atoms with E-state index >= 15 is 0 Å². The zero-order valence-electron chi connectivity index (χ0n) is 11.6. The molecule has 5 heteroatoms. The van der Waals surface area contributed by atoms with Crippen LogP contribution in [0.1, 0.15) is 25.3 Å². The summed E-state index contributed by atoms with van der Waals surface area (Å²) in [4.78, 5) is 24.9. The number of hydrogen-bond donors (Lipinski definition) is 1. The molecule has 0 heterocycles. The first kappa shape index (κ1) is 15.0. The molecule has 0 saturated carbocycles. The molecule has 19 heavy (non-hydrogen) atoms. The standard InChI is InChI=1S/C14H20N2O3/c1-4-16(3)13(17)9-19-14(18)10(2)11-6-5-7-12(15)8-11/h5-8,10H,4,9,15H2,1-3H3. The topological polar surface area (TPSA) is 72.6 Å². The van der Waals surface area contributed by atoms with E-state index in [4.69, 9.17) is 10.5 Å².